The maximum Gasteiger partial charge on any atom is 0.331 e. The molecule has 2 rings (SSSR count). The van der Waals surface area contributed by atoms with Crippen LogP contribution in [0.1, 0.15) is 18.9 Å². The number of carbonyl (C=O) groups is 2. The van der Waals surface area contributed by atoms with Crippen LogP contribution in [0.3, 0.4) is 0 Å². The van der Waals surface area contributed by atoms with Crippen molar-refractivity contribution in [3.05, 3.63) is 29.8 Å². The van der Waals surface area contributed by atoms with Gasteiger partial charge in [-0.2, -0.15) is 5.26 Å². The van der Waals surface area contributed by atoms with Crippen LogP contribution in [0, 0.1) is 22.7 Å². The van der Waals surface area contributed by atoms with E-state index in [1.165, 1.54) is 19.1 Å². The monoisotopic (exact) mass is 342 g/mol. The number of carbonyl (C=O) groups excluding carboxylic acids is 2. The van der Waals surface area contributed by atoms with Gasteiger partial charge < -0.3 is 19.6 Å². The summed E-state index contributed by atoms with van der Waals surface area (Å²) in [4.78, 5) is 23.4. The van der Waals surface area contributed by atoms with E-state index in [4.69, 9.17) is 24.9 Å². The standard InChI is InChI=1S/C18H18N2O5/c1-12(20)14(10-19)15(21)11-25-18(22)6-4-13-3-5-16-17(9-13)24-8-2-7-23-16/h3-6,9,14,20H,2,7-8,11H2,1H3/b6-4+,20-12?. The normalized spacial score (nSPS) is 14.2. The summed E-state index contributed by atoms with van der Waals surface area (Å²) in [7, 11) is 0. The summed E-state index contributed by atoms with van der Waals surface area (Å²) in [6.45, 7) is 1.98. The second-order valence-corrected chi connectivity index (χ2v) is 5.41. The molecule has 1 aliphatic rings. The van der Waals surface area contributed by atoms with Crippen molar-refractivity contribution < 1.29 is 23.8 Å². The second-order valence-electron chi connectivity index (χ2n) is 5.41. The highest BCUT2D eigenvalue weighted by molar-refractivity contribution is 6.06. The largest absolute Gasteiger partial charge is 0.490 e. The van der Waals surface area contributed by atoms with E-state index in [1.807, 2.05) is 0 Å². The van der Waals surface area contributed by atoms with Crippen LogP contribution in [0.15, 0.2) is 24.3 Å². The first-order valence-corrected chi connectivity index (χ1v) is 7.73. The van der Waals surface area contributed by atoms with Gasteiger partial charge in [-0.05, 0) is 30.7 Å². The van der Waals surface area contributed by atoms with Crippen LogP contribution >= 0.6 is 0 Å². The molecular formula is C18H18N2O5. The van der Waals surface area contributed by atoms with Crippen LogP contribution in [-0.2, 0) is 14.3 Å². The van der Waals surface area contributed by atoms with Crippen molar-refractivity contribution >= 4 is 23.5 Å². The Morgan fingerprint density at radius 3 is 2.76 bits per heavy atom. The maximum atomic E-state index is 11.7. The quantitative estimate of drug-likeness (QED) is 0.482. The number of hydrogen-bond acceptors (Lipinski definition) is 7. The van der Waals surface area contributed by atoms with Crippen LogP contribution in [-0.4, -0.2) is 37.3 Å². The molecule has 25 heavy (non-hydrogen) atoms. The van der Waals surface area contributed by atoms with Gasteiger partial charge in [0.1, 0.15) is 5.92 Å². The van der Waals surface area contributed by atoms with E-state index >= 15 is 0 Å². The number of Topliss-reactive ketones (excluding diaryl/α,β-unsaturated/α-hetero) is 1. The number of hydrogen-bond donors (Lipinski definition) is 1. The Bertz CT molecular complexity index is 748. The summed E-state index contributed by atoms with van der Waals surface area (Å²) in [5.41, 5.74) is 0.643. The summed E-state index contributed by atoms with van der Waals surface area (Å²) in [6, 6.07) is 6.99. The number of esters is 1. The second kappa shape index (κ2) is 8.64. The van der Waals surface area contributed by atoms with Gasteiger partial charge in [-0.15, -0.1) is 0 Å². The van der Waals surface area contributed by atoms with E-state index in [0.29, 0.717) is 24.7 Å². The van der Waals surface area contributed by atoms with E-state index in [0.717, 1.165) is 12.0 Å². The van der Waals surface area contributed by atoms with Gasteiger partial charge in [0.25, 0.3) is 0 Å². The molecule has 0 radical (unpaired) electrons. The molecule has 0 saturated carbocycles. The highest BCUT2D eigenvalue weighted by Gasteiger charge is 2.21. The van der Waals surface area contributed by atoms with Crippen molar-refractivity contribution in [1.29, 1.82) is 10.7 Å². The first-order chi connectivity index (χ1) is 12.0. The summed E-state index contributed by atoms with van der Waals surface area (Å²) in [5.74, 6) is -1.24. The van der Waals surface area contributed by atoms with Crippen molar-refractivity contribution in [3.63, 3.8) is 0 Å². The Morgan fingerprint density at radius 2 is 2.08 bits per heavy atom. The zero-order chi connectivity index (χ0) is 18.2. The molecule has 0 spiro atoms. The van der Waals surface area contributed by atoms with Crippen LogP contribution in [0.4, 0.5) is 0 Å². The number of rotatable bonds is 6. The molecule has 1 aromatic carbocycles. The number of benzene rings is 1. The predicted molar refractivity (Wildman–Crippen MR) is 89.6 cm³/mol. The summed E-state index contributed by atoms with van der Waals surface area (Å²) < 4.78 is 15.9. The van der Waals surface area contributed by atoms with Crippen molar-refractivity contribution in [2.24, 2.45) is 5.92 Å². The van der Waals surface area contributed by atoms with Crippen LogP contribution in [0.5, 0.6) is 11.5 Å². The molecule has 130 valence electrons. The predicted octanol–water partition coefficient (Wildman–Crippen LogP) is 2.15. The number of ether oxygens (including phenoxy) is 3. The molecule has 1 atom stereocenters. The highest BCUT2D eigenvalue weighted by atomic mass is 16.5. The van der Waals surface area contributed by atoms with E-state index in [2.05, 4.69) is 0 Å². The molecule has 0 aromatic heterocycles. The Balaban J connectivity index is 1.92. The zero-order valence-corrected chi connectivity index (χ0v) is 13.8. The van der Waals surface area contributed by atoms with E-state index < -0.39 is 24.3 Å². The molecule has 1 aliphatic heterocycles. The molecule has 0 fully saturated rings. The lowest BCUT2D eigenvalue weighted by Gasteiger charge is -2.07. The van der Waals surface area contributed by atoms with Gasteiger partial charge in [-0.1, -0.05) is 6.07 Å². The third-order valence-electron chi connectivity index (χ3n) is 3.42. The SMILES string of the molecule is CC(=N)C(C#N)C(=O)COC(=O)/C=C/c1ccc2c(c1)OCCCO2. The lowest BCUT2D eigenvalue weighted by Crippen LogP contribution is -2.25. The molecule has 0 bridgehead atoms. The topological polar surface area (TPSA) is 109 Å². The van der Waals surface area contributed by atoms with Crippen molar-refractivity contribution in [2.75, 3.05) is 19.8 Å². The average Bonchev–Trinajstić information content (AvgIpc) is 2.83. The fourth-order valence-corrected chi connectivity index (χ4v) is 2.13. The third-order valence-corrected chi connectivity index (χ3v) is 3.42. The molecular weight excluding hydrogens is 324 g/mol. The number of fused-ring (bicyclic) bond motifs is 1. The molecule has 7 heteroatoms. The van der Waals surface area contributed by atoms with Crippen LogP contribution < -0.4 is 9.47 Å². The lowest BCUT2D eigenvalue weighted by atomic mass is 10.0. The highest BCUT2D eigenvalue weighted by Crippen LogP contribution is 2.30. The fourth-order valence-electron chi connectivity index (χ4n) is 2.13. The van der Waals surface area contributed by atoms with Gasteiger partial charge in [-0.25, -0.2) is 4.79 Å². The smallest absolute Gasteiger partial charge is 0.331 e. The minimum Gasteiger partial charge on any atom is -0.490 e. The zero-order valence-electron chi connectivity index (χ0n) is 13.8. The Labute approximate surface area is 145 Å². The minimum atomic E-state index is -1.18. The van der Waals surface area contributed by atoms with E-state index in [1.54, 1.807) is 24.3 Å². The van der Waals surface area contributed by atoms with Crippen LogP contribution in [0.25, 0.3) is 6.08 Å². The van der Waals surface area contributed by atoms with Gasteiger partial charge in [0.15, 0.2) is 23.9 Å². The number of ketones is 1. The molecule has 1 aromatic rings. The summed E-state index contributed by atoms with van der Waals surface area (Å²) in [5, 5.41) is 16.1. The average molecular weight is 342 g/mol. The number of nitriles is 1. The Kier molecular flexibility index (Phi) is 6.29. The molecule has 7 nitrogen and oxygen atoms in total. The molecule has 1 unspecified atom stereocenters. The summed E-state index contributed by atoms with van der Waals surface area (Å²) in [6.07, 6.45) is 3.52. The van der Waals surface area contributed by atoms with Gasteiger partial charge in [0.2, 0.25) is 0 Å². The van der Waals surface area contributed by atoms with Crippen molar-refractivity contribution in [1.82, 2.24) is 0 Å². The van der Waals surface area contributed by atoms with Gasteiger partial charge in [0.05, 0.1) is 19.3 Å². The fraction of sp³-hybridized carbons (Fsp3) is 0.333. The van der Waals surface area contributed by atoms with Crippen molar-refractivity contribution in [3.8, 4) is 17.6 Å². The molecule has 1 heterocycles. The number of nitrogens with zero attached hydrogens (tertiary/aromatic N) is 1. The van der Waals surface area contributed by atoms with Gasteiger partial charge in [0, 0.05) is 18.2 Å². The third kappa shape index (κ3) is 5.18. The van der Waals surface area contributed by atoms with Crippen molar-refractivity contribution in [2.45, 2.75) is 13.3 Å². The Morgan fingerprint density at radius 1 is 1.36 bits per heavy atom. The van der Waals surface area contributed by atoms with E-state index in [9.17, 15) is 9.59 Å². The molecule has 0 aliphatic carbocycles. The van der Waals surface area contributed by atoms with Gasteiger partial charge >= 0.3 is 5.97 Å². The first-order valence-electron chi connectivity index (χ1n) is 7.73. The molecule has 1 N–H and O–H groups in total. The van der Waals surface area contributed by atoms with E-state index in [-0.39, 0.29) is 5.71 Å². The molecule has 0 saturated heterocycles. The first kappa shape index (κ1) is 18.2. The maximum absolute atomic E-state index is 11.7. The van der Waals surface area contributed by atoms with Crippen LogP contribution in [0.2, 0.25) is 0 Å². The number of nitrogens with one attached hydrogen (secondary N) is 1. The molecule has 0 amide bonds. The minimum absolute atomic E-state index is 0.0775. The van der Waals surface area contributed by atoms with Gasteiger partial charge in [-0.3, -0.25) is 4.79 Å². The lowest BCUT2D eigenvalue weighted by molar-refractivity contribution is -0.143. The summed E-state index contributed by atoms with van der Waals surface area (Å²) >= 11 is 0. The Hall–Kier alpha value is -3.14.